The molecule has 0 amide bonds. The zero-order valence-electron chi connectivity index (χ0n) is 12.2. The Morgan fingerprint density at radius 1 is 1.36 bits per heavy atom. The first-order chi connectivity index (χ1) is 10.3. The first kappa shape index (κ1) is 14.7. The van der Waals surface area contributed by atoms with E-state index in [0.717, 1.165) is 18.9 Å². The molecule has 0 atom stereocenters. The van der Waals surface area contributed by atoms with Crippen molar-refractivity contribution in [3.63, 3.8) is 0 Å². The molecule has 2 aromatic rings. The molecule has 6 heteroatoms. The van der Waals surface area contributed by atoms with Crippen LogP contribution in [0.15, 0.2) is 17.1 Å². The van der Waals surface area contributed by atoms with E-state index in [0.29, 0.717) is 0 Å². The van der Waals surface area contributed by atoms with Crippen LogP contribution in [0.5, 0.6) is 0 Å². The van der Waals surface area contributed by atoms with Gasteiger partial charge in [-0.15, -0.1) is 0 Å². The topological polar surface area (TPSA) is 59.3 Å². The number of rotatable bonds is 3. The van der Waals surface area contributed by atoms with Crippen molar-refractivity contribution >= 4 is 16.9 Å². The fourth-order valence-electron chi connectivity index (χ4n) is 2.78. The van der Waals surface area contributed by atoms with Crippen molar-refractivity contribution < 1.29 is 18.7 Å². The predicted molar refractivity (Wildman–Crippen MR) is 77.4 cm³/mol. The molecule has 22 heavy (non-hydrogen) atoms. The van der Waals surface area contributed by atoms with Crippen molar-refractivity contribution in [2.75, 3.05) is 0 Å². The number of aromatic carboxylic acids is 1. The van der Waals surface area contributed by atoms with Gasteiger partial charge in [0.1, 0.15) is 11.4 Å². The van der Waals surface area contributed by atoms with E-state index >= 15 is 0 Å². The highest BCUT2D eigenvalue weighted by atomic mass is 19.1. The van der Waals surface area contributed by atoms with Crippen LogP contribution in [0.3, 0.4) is 0 Å². The first-order valence-electron chi connectivity index (χ1n) is 7.13. The van der Waals surface area contributed by atoms with Crippen molar-refractivity contribution in [1.29, 1.82) is 0 Å². The minimum atomic E-state index is -1.39. The maximum atomic E-state index is 14.8. The normalized spacial score (nSPS) is 14.8. The van der Waals surface area contributed by atoms with E-state index in [9.17, 15) is 18.4 Å². The van der Waals surface area contributed by atoms with Crippen molar-refractivity contribution in [2.24, 2.45) is 0 Å². The fourth-order valence-corrected chi connectivity index (χ4v) is 2.78. The smallest absolute Gasteiger partial charge is 0.341 e. The molecular formula is C16H15F2NO3. The largest absolute Gasteiger partial charge is 0.477 e. The van der Waals surface area contributed by atoms with E-state index < -0.39 is 28.6 Å². The van der Waals surface area contributed by atoms with Crippen LogP contribution in [0, 0.1) is 11.6 Å². The third-order valence-corrected chi connectivity index (χ3v) is 3.99. The molecule has 1 N–H and O–H groups in total. The lowest BCUT2D eigenvalue weighted by molar-refractivity contribution is 0.0695. The number of aromatic nitrogens is 1. The maximum absolute atomic E-state index is 14.8. The molecule has 1 aliphatic carbocycles. The number of pyridine rings is 1. The minimum absolute atomic E-state index is 0.00241. The van der Waals surface area contributed by atoms with Crippen molar-refractivity contribution in [1.82, 2.24) is 4.57 Å². The number of halogens is 2. The zero-order valence-corrected chi connectivity index (χ0v) is 12.2. The monoisotopic (exact) mass is 307 g/mol. The van der Waals surface area contributed by atoms with Gasteiger partial charge < -0.3 is 9.67 Å². The lowest BCUT2D eigenvalue weighted by Gasteiger charge is -2.16. The maximum Gasteiger partial charge on any atom is 0.341 e. The number of carboxylic acids is 1. The Hall–Kier alpha value is -2.24. The molecule has 3 rings (SSSR count). The zero-order chi connectivity index (χ0) is 16.2. The van der Waals surface area contributed by atoms with Gasteiger partial charge in [0.15, 0.2) is 5.82 Å². The molecule has 1 fully saturated rings. The van der Waals surface area contributed by atoms with E-state index in [-0.39, 0.29) is 28.4 Å². The quantitative estimate of drug-likeness (QED) is 0.945. The van der Waals surface area contributed by atoms with Crippen LogP contribution in [0.1, 0.15) is 54.6 Å². The van der Waals surface area contributed by atoms with Gasteiger partial charge in [-0.25, -0.2) is 13.6 Å². The highest BCUT2D eigenvalue weighted by Crippen LogP contribution is 2.39. The number of benzene rings is 1. The summed E-state index contributed by atoms with van der Waals surface area (Å²) in [5.41, 5.74) is -1.39. The van der Waals surface area contributed by atoms with Gasteiger partial charge in [0.25, 0.3) is 0 Å². The highest BCUT2D eigenvalue weighted by molar-refractivity contribution is 5.93. The molecule has 116 valence electrons. The molecule has 0 unspecified atom stereocenters. The van der Waals surface area contributed by atoms with Gasteiger partial charge in [-0.2, -0.15) is 0 Å². The van der Waals surface area contributed by atoms with Crippen LogP contribution >= 0.6 is 0 Å². The number of hydrogen-bond donors (Lipinski definition) is 1. The van der Waals surface area contributed by atoms with Crippen LogP contribution in [-0.4, -0.2) is 15.6 Å². The Morgan fingerprint density at radius 2 is 2.00 bits per heavy atom. The minimum Gasteiger partial charge on any atom is -0.477 e. The van der Waals surface area contributed by atoms with Crippen LogP contribution in [0.25, 0.3) is 10.9 Å². The number of nitrogens with zero attached hydrogens (tertiary/aromatic N) is 1. The molecule has 1 saturated carbocycles. The molecular weight excluding hydrogens is 292 g/mol. The number of fused-ring (bicyclic) bond motifs is 1. The van der Waals surface area contributed by atoms with E-state index in [4.69, 9.17) is 5.11 Å². The number of carboxylic acid groups (broad SMARTS) is 1. The Kier molecular flexibility index (Phi) is 3.27. The molecule has 0 spiro atoms. The highest BCUT2D eigenvalue weighted by Gasteiger charge is 2.30. The van der Waals surface area contributed by atoms with E-state index in [1.54, 1.807) is 13.8 Å². The summed E-state index contributed by atoms with van der Waals surface area (Å²) in [6, 6.07) is 0.919. The Bertz CT molecular complexity index is 851. The average Bonchev–Trinajstić information content (AvgIpc) is 3.23. The number of hydrogen-bond acceptors (Lipinski definition) is 2. The Balaban J connectivity index is 2.49. The molecule has 1 heterocycles. The molecule has 4 nitrogen and oxygen atoms in total. The van der Waals surface area contributed by atoms with Gasteiger partial charge in [0.2, 0.25) is 5.43 Å². The predicted octanol–water partition coefficient (Wildman–Crippen LogP) is 3.44. The molecule has 0 saturated heterocycles. The summed E-state index contributed by atoms with van der Waals surface area (Å²) < 4.78 is 30.4. The van der Waals surface area contributed by atoms with Crippen LogP contribution in [0.2, 0.25) is 0 Å². The van der Waals surface area contributed by atoms with Gasteiger partial charge >= 0.3 is 5.97 Å². The van der Waals surface area contributed by atoms with Gasteiger partial charge in [-0.05, 0) is 24.8 Å². The first-order valence-corrected chi connectivity index (χ1v) is 7.13. The third-order valence-electron chi connectivity index (χ3n) is 3.99. The van der Waals surface area contributed by atoms with Gasteiger partial charge in [0.05, 0.1) is 10.9 Å². The SMILES string of the molecule is CC(C)c1c(F)cc2c(=O)c(C(=O)O)cn(C3CC3)c2c1F. The molecule has 1 aliphatic rings. The third kappa shape index (κ3) is 2.10. The standard InChI is InChI=1S/C16H15F2NO3/c1-7(2)12-11(17)5-9-14(13(12)18)19(8-3-4-8)6-10(15(9)20)16(21)22/h5-8H,3-4H2,1-2H3,(H,21,22). The average molecular weight is 307 g/mol. The van der Waals surface area contributed by atoms with E-state index in [1.807, 2.05) is 0 Å². The van der Waals surface area contributed by atoms with Crippen molar-refractivity contribution in [3.8, 4) is 0 Å². The molecule has 1 aromatic carbocycles. The van der Waals surface area contributed by atoms with E-state index in [1.165, 1.54) is 10.8 Å². The van der Waals surface area contributed by atoms with Crippen LogP contribution < -0.4 is 5.43 Å². The summed E-state index contributed by atoms with van der Waals surface area (Å²) in [6.07, 6.45) is 2.74. The summed E-state index contributed by atoms with van der Waals surface area (Å²) >= 11 is 0. The second-order valence-corrected chi connectivity index (χ2v) is 5.95. The van der Waals surface area contributed by atoms with Gasteiger partial charge in [0, 0.05) is 17.8 Å². The summed E-state index contributed by atoms with van der Waals surface area (Å²) in [4.78, 5) is 23.4. The molecule has 1 aromatic heterocycles. The second-order valence-electron chi connectivity index (χ2n) is 5.95. The second kappa shape index (κ2) is 4.90. The summed E-state index contributed by atoms with van der Waals surface area (Å²) in [5.74, 6) is -3.37. The van der Waals surface area contributed by atoms with Gasteiger partial charge in [-0.1, -0.05) is 13.8 Å². The Morgan fingerprint density at radius 3 is 2.50 bits per heavy atom. The van der Waals surface area contributed by atoms with E-state index in [2.05, 4.69) is 0 Å². The summed E-state index contributed by atoms with van der Waals surface area (Å²) in [7, 11) is 0. The van der Waals surface area contributed by atoms with Crippen molar-refractivity contribution in [3.05, 3.63) is 45.2 Å². The van der Waals surface area contributed by atoms with Gasteiger partial charge in [-0.3, -0.25) is 4.79 Å². The lowest BCUT2D eigenvalue weighted by atomic mass is 9.98. The van der Waals surface area contributed by atoms with Crippen molar-refractivity contribution in [2.45, 2.75) is 38.6 Å². The Labute approximate surface area is 125 Å². The lowest BCUT2D eigenvalue weighted by Crippen LogP contribution is -2.20. The summed E-state index contributed by atoms with van der Waals surface area (Å²) in [5, 5.41) is 8.92. The fraction of sp³-hybridized carbons (Fsp3) is 0.375. The molecule has 0 bridgehead atoms. The van der Waals surface area contributed by atoms with Crippen LogP contribution in [-0.2, 0) is 0 Å². The van der Waals surface area contributed by atoms with Crippen LogP contribution in [0.4, 0.5) is 8.78 Å². The number of carbonyl (C=O) groups is 1. The molecule has 0 aliphatic heterocycles. The summed E-state index contributed by atoms with van der Waals surface area (Å²) in [6.45, 7) is 3.33. The molecule has 0 radical (unpaired) electrons.